The van der Waals surface area contributed by atoms with E-state index in [-0.39, 0.29) is 11.1 Å². The molecule has 1 fully saturated rings. The van der Waals surface area contributed by atoms with Crippen LogP contribution in [0.2, 0.25) is 0 Å². The van der Waals surface area contributed by atoms with Crippen LogP contribution < -0.4 is 10.2 Å². The van der Waals surface area contributed by atoms with Crippen LogP contribution in [0.1, 0.15) is 45.2 Å². The second-order valence-electron chi connectivity index (χ2n) is 9.07. The molecular weight excluding hydrogens is 356 g/mol. The van der Waals surface area contributed by atoms with E-state index in [2.05, 4.69) is 65.9 Å². The van der Waals surface area contributed by atoms with E-state index in [4.69, 9.17) is 4.98 Å². The van der Waals surface area contributed by atoms with Gasteiger partial charge >= 0.3 is 0 Å². The van der Waals surface area contributed by atoms with Crippen molar-refractivity contribution in [2.75, 3.05) is 37.6 Å². The van der Waals surface area contributed by atoms with E-state index in [9.17, 15) is 0 Å². The zero-order valence-electron chi connectivity index (χ0n) is 17.4. The summed E-state index contributed by atoms with van der Waals surface area (Å²) >= 11 is 1.85. The summed E-state index contributed by atoms with van der Waals surface area (Å²) in [5, 5.41) is 4.84. The molecule has 0 aromatic carbocycles. The van der Waals surface area contributed by atoms with Gasteiger partial charge in [-0.15, -0.1) is 11.3 Å². The standard InChI is InChI=1S/C20H34N6S/c1-19(2,3)26-10-8-25(9-11-26)18-22-14-17(27-18)12-20(4,5)24-7-6-16-13-21-15-23-16/h13-15,24H,6-12H2,1-5H3,(H,21,23). The van der Waals surface area contributed by atoms with Crippen LogP contribution in [0.5, 0.6) is 0 Å². The van der Waals surface area contributed by atoms with Crippen LogP contribution in [0.15, 0.2) is 18.7 Å². The molecule has 0 spiro atoms. The normalized spacial score (nSPS) is 16.9. The van der Waals surface area contributed by atoms with Gasteiger partial charge in [-0.2, -0.15) is 0 Å². The van der Waals surface area contributed by atoms with Gasteiger partial charge in [-0.25, -0.2) is 9.97 Å². The first-order valence-electron chi connectivity index (χ1n) is 9.90. The number of nitrogens with one attached hydrogen (secondary N) is 2. The van der Waals surface area contributed by atoms with Crippen molar-refractivity contribution < 1.29 is 0 Å². The third-order valence-corrected chi connectivity index (χ3v) is 6.27. The third-order valence-electron chi connectivity index (χ3n) is 5.21. The van der Waals surface area contributed by atoms with Crippen molar-refractivity contribution in [3.05, 3.63) is 29.3 Å². The van der Waals surface area contributed by atoms with Gasteiger partial charge in [-0.1, -0.05) is 0 Å². The average Bonchev–Trinajstić information content (AvgIpc) is 3.25. The molecule has 1 saturated heterocycles. The Labute approximate surface area is 167 Å². The predicted octanol–water partition coefficient (Wildman–Crippen LogP) is 2.94. The van der Waals surface area contributed by atoms with Crippen LogP contribution >= 0.6 is 11.3 Å². The zero-order valence-corrected chi connectivity index (χ0v) is 18.2. The Hall–Kier alpha value is -1.44. The molecule has 6 nitrogen and oxygen atoms in total. The van der Waals surface area contributed by atoms with Crippen molar-refractivity contribution in [1.29, 1.82) is 0 Å². The van der Waals surface area contributed by atoms with E-state index in [0.717, 1.165) is 45.6 Å². The summed E-state index contributed by atoms with van der Waals surface area (Å²) in [5.41, 5.74) is 1.48. The largest absolute Gasteiger partial charge is 0.348 e. The summed E-state index contributed by atoms with van der Waals surface area (Å²) in [6.45, 7) is 16.7. The zero-order chi connectivity index (χ0) is 19.5. The molecule has 1 aliphatic rings. The summed E-state index contributed by atoms with van der Waals surface area (Å²) in [7, 11) is 0. The Morgan fingerprint density at radius 1 is 1.11 bits per heavy atom. The number of H-pyrrole nitrogens is 1. The molecule has 27 heavy (non-hydrogen) atoms. The maximum absolute atomic E-state index is 4.72. The van der Waals surface area contributed by atoms with Gasteiger partial charge in [0, 0.05) is 79.6 Å². The lowest BCUT2D eigenvalue weighted by molar-refractivity contribution is 0.128. The monoisotopic (exact) mass is 390 g/mol. The Balaban J connectivity index is 1.48. The molecule has 0 radical (unpaired) electrons. The summed E-state index contributed by atoms with van der Waals surface area (Å²) in [4.78, 5) is 18.3. The average molecular weight is 391 g/mol. The van der Waals surface area contributed by atoms with Crippen LogP contribution in [0.25, 0.3) is 0 Å². The van der Waals surface area contributed by atoms with E-state index >= 15 is 0 Å². The Morgan fingerprint density at radius 2 is 1.85 bits per heavy atom. The van der Waals surface area contributed by atoms with Crippen molar-refractivity contribution in [1.82, 2.24) is 25.2 Å². The van der Waals surface area contributed by atoms with Gasteiger partial charge in [0.25, 0.3) is 0 Å². The van der Waals surface area contributed by atoms with E-state index in [0.29, 0.717) is 0 Å². The molecule has 7 heteroatoms. The molecule has 0 bridgehead atoms. The molecule has 2 aromatic rings. The number of anilines is 1. The highest BCUT2D eigenvalue weighted by Crippen LogP contribution is 2.27. The minimum Gasteiger partial charge on any atom is -0.348 e. The SMILES string of the molecule is CC(C)(Cc1cnc(N2CCN(C(C)(C)C)CC2)s1)NCCc1cnc[nH]1. The highest BCUT2D eigenvalue weighted by Gasteiger charge is 2.27. The van der Waals surface area contributed by atoms with Gasteiger partial charge < -0.3 is 15.2 Å². The van der Waals surface area contributed by atoms with Crippen molar-refractivity contribution in [2.24, 2.45) is 0 Å². The third kappa shape index (κ3) is 5.77. The summed E-state index contributed by atoms with van der Waals surface area (Å²) in [5.74, 6) is 0. The summed E-state index contributed by atoms with van der Waals surface area (Å²) in [6, 6.07) is 0. The summed E-state index contributed by atoms with van der Waals surface area (Å²) < 4.78 is 0. The number of aromatic amines is 1. The fraction of sp³-hybridized carbons (Fsp3) is 0.700. The van der Waals surface area contributed by atoms with Crippen molar-refractivity contribution in [3.63, 3.8) is 0 Å². The number of thiazole rings is 1. The van der Waals surface area contributed by atoms with Crippen molar-refractivity contribution in [3.8, 4) is 0 Å². The highest BCUT2D eigenvalue weighted by molar-refractivity contribution is 7.15. The molecule has 1 aliphatic heterocycles. The van der Waals surface area contributed by atoms with Crippen LogP contribution in [-0.2, 0) is 12.8 Å². The Bertz CT molecular complexity index is 692. The number of rotatable bonds is 7. The molecule has 150 valence electrons. The number of hydrogen-bond donors (Lipinski definition) is 2. The topological polar surface area (TPSA) is 60.1 Å². The minimum absolute atomic E-state index is 0.0504. The molecule has 0 amide bonds. The number of hydrogen-bond acceptors (Lipinski definition) is 6. The van der Waals surface area contributed by atoms with Gasteiger partial charge in [0.15, 0.2) is 5.13 Å². The number of imidazole rings is 1. The predicted molar refractivity (Wildman–Crippen MR) is 114 cm³/mol. The molecule has 0 atom stereocenters. The lowest BCUT2D eigenvalue weighted by atomic mass is 10.00. The summed E-state index contributed by atoms with van der Waals surface area (Å²) in [6.07, 6.45) is 7.66. The van der Waals surface area contributed by atoms with Crippen LogP contribution in [-0.4, -0.2) is 63.7 Å². The van der Waals surface area contributed by atoms with Gasteiger partial charge in [0.1, 0.15) is 0 Å². The smallest absolute Gasteiger partial charge is 0.185 e. The van der Waals surface area contributed by atoms with Gasteiger partial charge in [-0.3, -0.25) is 4.90 Å². The van der Waals surface area contributed by atoms with E-state index < -0.39 is 0 Å². The fourth-order valence-electron chi connectivity index (χ4n) is 3.55. The van der Waals surface area contributed by atoms with Crippen LogP contribution in [0.3, 0.4) is 0 Å². The maximum atomic E-state index is 4.72. The van der Waals surface area contributed by atoms with E-state index in [1.165, 1.54) is 15.7 Å². The van der Waals surface area contributed by atoms with E-state index in [1.807, 2.05) is 17.5 Å². The molecule has 3 heterocycles. The molecule has 0 unspecified atom stereocenters. The van der Waals surface area contributed by atoms with Gasteiger partial charge in [0.05, 0.1) is 6.33 Å². The van der Waals surface area contributed by atoms with E-state index in [1.54, 1.807) is 6.33 Å². The second-order valence-corrected chi connectivity index (χ2v) is 10.2. The first-order chi connectivity index (χ1) is 12.7. The number of piperazine rings is 1. The number of nitrogens with zero attached hydrogens (tertiary/aromatic N) is 4. The Morgan fingerprint density at radius 3 is 2.48 bits per heavy atom. The highest BCUT2D eigenvalue weighted by atomic mass is 32.1. The lowest BCUT2D eigenvalue weighted by Crippen LogP contribution is -2.53. The fourth-order valence-corrected chi connectivity index (χ4v) is 4.74. The molecular formula is C20H34N6S. The minimum atomic E-state index is 0.0504. The first-order valence-corrected chi connectivity index (χ1v) is 10.7. The molecule has 2 aromatic heterocycles. The lowest BCUT2D eigenvalue weighted by Gasteiger charge is -2.42. The van der Waals surface area contributed by atoms with Gasteiger partial charge in [0.2, 0.25) is 0 Å². The maximum Gasteiger partial charge on any atom is 0.185 e. The quantitative estimate of drug-likeness (QED) is 0.761. The van der Waals surface area contributed by atoms with Crippen molar-refractivity contribution >= 4 is 16.5 Å². The molecule has 3 rings (SSSR count). The van der Waals surface area contributed by atoms with Crippen molar-refractivity contribution in [2.45, 2.75) is 58.5 Å². The molecule has 0 aliphatic carbocycles. The first kappa shape index (κ1) is 20.3. The molecule has 0 saturated carbocycles. The Kier molecular flexibility index (Phi) is 6.23. The molecule has 2 N–H and O–H groups in total. The van der Waals surface area contributed by atoms with Crippen LogP contribution in [0.4, 0.5) is 5.13 Å². The van der Waals surface area contributed by atoms with Gasteiger partial charge in [-0.05, 0) is 34.6 Å². The second kappa shape index (κ2) is 8.29. The van der Waals surface area contributed by atoms with Crippen LogP contribution in [0, 0.1) is 0 Å². The number of aromatic nitrogens is 3.